The van der Waals surface area contributed by atoms with Gasteiger partial charge in [-0.15, -0.1) is 0 Å². The van der Waals surface area contributed by atoms with Crippen LogP contribution in [-0.4, -0.2) is 15.8 Å². The van der Waals surface area contributed by atoms with Gasteiger partial charge in [0.2, 0.25) is 5.43 Å². The number of aromatic hydroxyl groups is 1. The first kappa shape index (κ1) is 10.6. The van der Waals surface area contributed by atoms with E-state index in [0.29, 0.717) is 0 Å². The molecule has 78 valence electrons. The first-order valence-electron chi connectivity index (χ1n) is 3.75. The average molecular weight is 207 g/mol. The number of pyridine rings is 1. The zero-order valence-electron chi connectivity index (χ0n) is 7.30. The van der Waals surface area contributed by atoms with Crippen molar-refractivity contribution in [3.8, 4) is 5.75 Å². The molecule has 1 heterocycles. The van der Waals surface area contributed by atoms with E-state index in [2.05, 4.69) is 0 Å². The lowest BCUT2D eigenvalue weighted by Crippen LogP contribution is -2.18. The van der Waals surface area contributed by atoms with Crippen molar-refractivity contribution in [1.29, 1.82) is 0 Å². The van der Waals surface area contributed by atoms with Crippen molar-refractivity contribution in [2.75, 3.05) is 0 Å². The fourth-order valence-electron chi connectivity index (χ4n) is 1.06. The Morgan fingerprint density at radius 2 is 2.07 bits per heavy atom. The molecule has 0 aliphatic carbocycles. The predicted molar refractivity (Wildman–Crippen MR) is 43.1 cm³/mol. The molecule has 0 fully saturated rings. The first-order chi connectivity index (χ1) is 6.31. The summed E-state index contributed by atoms with van der Waals surface area (Å²) in [4.78, 5) is 10.8. The maximum atomic E-state index is 12.0. The van der Waals surface area contributed by atoms with E-state index in [-0.39, 0.29) is 0 Å². The summed E-state index contributed by atoms with van der Waals surface area (Å²) < 4.78 is 37.1. The second kappa shape index (κ2) is 3.36. The van der Waals surface area contributed by atoms with Gasteiger partial charge in [-0.1, -0.05) is 0 Å². The molecule has 0 saturated carbocycles. The molecule has 0 saturated heterocycles. The van der Waals surface area contributed by atoms with E-state index >= 15 is 0 Å². The molecule has 1 N–H and O–H groups in total. The Kier molecular flexibility index (Phi) is 2.55. The molecule has 0 aliphatic heterocycles. The Morgan fingerprint density at radius 3 is 2.57 bits per heavy atom. The summed E-state index contributed by atoms with van der Waals surface area (Å²) in [5.74, 6) is -0.840. The van der Waals surface area contributed by atoms with Crippen LogP contribution in [0.1, 0.15) is 5.69 Å². The standard InChI is InChI=1S/C8H8F3NO2/c1-12-3-2-6(13)7(14)5(12)4-8(9,10)11/h2-3,14H,4H2,1H3. The highest BCUT2D eigenvalue weighted by atomic mass is 19.4. The molecule has 0 bridgehead atoms. The summed E-state index contributed by atoms with van der Waals surface area (Å²) >= 11 is 0. The van der Waals surface area contributed by atoms with Crippen LogP contribution in [0.2, 0.25) is 0 Å². The van der Waals surface area contributed by atoms with Crippen molar-refractivity contribution in [3.63, 3.8) is 0 Å². The van der Waals surface area contributed by atoms with Crippen LogP contribution < -0.4 is 5.43 Å². The average Bonchev–Trinajstić information content (AvgIpc) is 2.04. The van der Waals surface area contributed by atoms with E-state index in [9.17, 15) is 18.0 Å². The Hall–Kier alpha value is -1.46. The molecule has 6 heteroatoms. The van der Waals surface area contributed by atoms with Gasteiger partial charge in [-0.3, -0.25) is 4.79 Å². The number of rotatable bonds is 1. The minimum Gasteiger partial charge on any atom is -0.503 e. The smallest absolute Gasteiger partial charge is 0.394 e. The second-order valence-electron chi connectivity index (χ2n) is 2.88. The quantitative estimate of drug-likeness (QED) is 0.751. The van der Waals surface area contributed by atoms with Crippen LogP contribution in [0.5, 0.6) is 5.75 Å². The molecule has 0 unspecified atom stereocenters. The van der Waals surface area contributed by atoms with Crippen molar-refractivity contribution in [2.45, 2.75) is 12.6 Å². The Balaban J connectivity index is 3.20. The highest BCUT2D eigenvalue weighted by Crippen LogP contribution is 2.24. The molecular formula is C8H8F3NO2. The Labute approximate surface area is 77.4 Å². The third-order valence-corrected chi connectivity index (χ3v) is 1.75. The molecule has 1 aromatic heterocycles. The van der Waals surface area contributed by atoms with Crippen LogP contribution in [0.3, 0.4) is 0 Å². The van der Waals surface area contributed by atoms with Gasteiger partial charge in [-0.2, -0.15) is 13.2 Å². The molecule has 0 atom stereocenters. The third kappa shape index (κ3) is 2.27. The molecule has 14 heavy (non-hydrogen) atoms. The molecular weight excluding hydrogens is 199 g/mol. The van der Waals surface area contributed by atoms with Gasteiger partial charge in [0.1, 0.15) is 0 Å². The molecule has 0 spiro atoms. The number of alkyl halides is 3. The lowest BCUT2D eigenvalue weighted by Gasteiger charge is -2.11. The normalized spacial score (nSPS) is 11.7. The molecule has 0 aliphatic rings. The van der Waals surface area contributed by atoms with Crippen molar-refractivity contribution < 1.29 is 18.3 Å². The summed E-state index contributed by atoms with van der Waals surface area (Å²) in [7, 11) is 1.33. The van der Waals surface area contributed by atoms with Gasteiger partial charge in [0.05, 0.1) is 12.1 Å². The maximum Gasteiger partial charge on any atom is 0.394 e. The lowest BCUT2D eigenvalue weighted by molar-refractivity contribution is -0.128. The van der Waals surface area contributed by atoms with Gasteiger partial charge in [0, 0.05) is 19.3 Å². The van der Waals surface area contributed by atoms with E-state index in [0.717, 1.165) is 10.6 Å². The van der Waals surface area contributed by atoms with Crippen molar-refractivity contribution >= 4 is 0 Å². The van der Waals surface area contributed by atoms with E-state index < -0.39 is 29.5 Å². The minimum absolute atomic E-state index is 0.426. The molecule has 0 radical (unpaired) electrons. The number of aromatic nitrogens is 1. The third-order valence-electron chi connectivity index (χ3n) is 1.75. The van der Waals surface area contributed by atoms with Crippen molar-refractivity contribution in [3.05, 3.63) is 28.2 Å². The van der Waals surface area contributed by atoms with E-state index in [1.807, 2.05) is 0 Å². The van der Waals surface area contributed by atoms with E-state index in [1.54, 1.807) is 0 Å². The number of nitrogens with zero attached hydrogens (tertiary/aromatic N) is 1. The van der Waals surface area contributed by atoms with Gasteiger partial charge in [-0.25, -0.2) is 0 Å². The Bertz CT molecular complexity index is 395. The largest absolute Gasteiger partial charge is 0.503 e. The lowest BCUT2D eigenvalue weighted by atomic mass is 10.2. The minimum atomic E-state index is -4.44. The second-order valence-corrected chi connectivity index (χ2v) is 2.88. The summed E-state index contributed by atoms with van der Waals surface area (Å²) in [6.45, 7) is 0. The van der Waals surface area contributed by atoms with Gasteiger partial charge < -0.3 is 9.67 Å². The van der Waals surface area contributed by atoms with Gasteiger partial charge in [0.15, 0.2) is 5.75 Å². The molecule has 0 aromatic carbocycles. The zero-order valence-corrected chi connectivity index (χ0v) is 7.30. The van der Waals surface area contributed by atoms with Crippen LogP contribution in [0.4, 0.5) is 13.2 Å². The van der Waals surface area contributed by atoms with Crippen molar-refractivity contribution in [1.82, 2.24) is 4.57 Å². The van der Waals surface area contributed by atoms with Crippen LogP contribution in [0.25, 0.3) is 0 Å². The van der Waals surface area contributed by atoms with E-state index in [1.165, 1.54) is 13.2 Å². The molecule has 1 aromatic rings. The zero-order chi connectivity index (χ0) is 10.9. The van der Waals surface area contributed by atoms with Gasteiger partial charge in [-0.05, 0) is 0 Å². The first-order valence-corrected chi connectivity index (χ1v) is 3.75. The molecule has 0 amide bonds. The topological polar surface area (TPSA) is 42.2 Å². The van der Waals surface area contributed by atoms with Crippen LogP contribution >= 0.6 is 0 Å². The molecule has 3 nitrogen and oxygen atoms in total. The number of aryl methyl sites for hydroxylation is 1. The highest BCUT2D eigenvalue weighted by Gasteiger charge is 2.30. The maximum absolute atomic E-state index is 12.0. The van der Waals surface area contributed by atoms with Crippen molar-refractivity contribution in [2.24, 2.45) is 7.05 Å². The number of halogens is 3. The number of hydrogen-bond acceptors (Lipinski definition) is 2. The van der Waals surface area contributed by atoms with Gasteiger partial charge in [0.25, 0.3) is 0 Å². The molecule has 1 rings (SSSR count). The summed E-state index contributed by atoms with van der Waals surface area (Å²) in [5.41, 5.74) is -1.23. The monoisotopic (exact) mass is 207 g/mol. The van der Waals surface area contributed by atoms with Crippen LogP contribution in [-0.2, 0) is 13.5 Å². The van der Waals surface area contributed by atoms with E-state index in [4.69, 9.17) is 5.11 Å². The summed E-state index contributed by atoms with van der Waals surface area (Å²) in [6.07, 6.45) is -4.57. The number of hydrogen-bond donors (Lipinski definition) is 1. The Morgan fingerprint density at radius 1 is 1.50 bits per heavy atom. The SMILES string of the molecule is Cn1ccc(=O)c(O)c1CC(F)(F)F. The summed E-state index contributed by atoms with van der Waals surface area (Å²) in [5, 5.41) is 9.11. The predicted octanol–water partition coefficient (Wildman–Crippen LogP) is 1.20. The van der Waals surface area contributed by atoms with Crippen LogP contribution in [0.15, 0.2) is 17.1 Å². The van der Waals surface area contributed by atoms with Gasteiger partial charge >= 0.3 is 6.18 Å². The fraction of sp³-hybridized carbons (Fsp3) is 0.375. The highest BCUT2D eigenvalue weighted by molar-refractivity contribution is 5.27. The van der Waals surface area contributed by atoms with Crippen LogP contribution in [0, 0.1) is 0 Å². The summed E-state index contributed by atoms with van der Waals surface area (Å²) in [6, 6.07) is 1.01. The fourth-order valence-corrected chi connectivity index (χ4v) is 1.06.